The van der Waals surface area contributed by atoms with E-state index in [1.54, 1.807) is 30.3 Å². The van der Waals surface area contributed by atoms with Crippen molar-refractivity contribution in [2.24, 2.45) is 5.92 Å². The van der Waals surface area contributed by atoms with Crippen LogP contribution < -0.4 is 0 Å². The largest absolute Gasteiger partial charge is 0.333 e. The van der Waals surface area contributed by atoms with E-state index in [-0.39, 0.29) is 5.91 Å². The van der Waals surface area contributed by atoms with E-state index in [1.165, 1.54) is 0 Å². The second-order valence-electron chi connectivity index (χ2n) is 6.40. The van der Waals surface area contributed by atoms with Crippen LogP contribution in [-0.4, -0.2) is 32.4 Å². The second-order valence-corrected chi connectivity index (χ2v) is 6.40. The van der Waals surface area contributed by atoms with Crippen LogP contribution in [0.4, 0.5) is 0 Å². The number of benzene rings is 1. The zero-order valence-electron chi connectivity index (χ0n) is 14.3. The SMILES string of the molecule is CC(C)Cn1c(CN(C)C(=O)c2ccccn2)nc2ccccc21. The lowest BCUT2D eigenvalue weighted by Gasteiger charge is -2.18. The number of carbonyl (C=O) groups is 1. The van der Waals surface area contributed by atoms with Gasteiger partial charge >= 0.3 is 0 Å². The minimum atomic E-state index is -0.0984. The van der Waals surface area contributed by atoms with Gasteiger partial charge in [0.1, 0.15) is 11.5 Å². The molecule has 0 radical (unpaired) electrons. The molecule has 1 amide bonds. The van der Waals surface area contributed by atoms with Gasteiger partial charge in [-0.15, -0.1) is 0 Å². The molecule has 0 atom stereocenters. The van der Waals surface area contributed by atoms with E-state index in [0.717, 1.165) is 23.4 Å². The van der Waals surface area contributed by atoms with Crippen molar-refractivity contribution in [2.75, 3.05) is 7.05 Å². The Hall–Kier alpha value is -2.69. The van der Waals surface area contributed by atoms with Crippen molar-refractivity contribution in [2.45, 2.75) is 26.9 Å². The number of hydrogen-bond donors (Lipinski definition) is 0. The summed E-state index contributed by atoms with van der Waals surface area (Å²) in [6.45, 7) is 5.70. The van der Waals surface area contributed by atoms with Gasteiger partial charge in [0.2, 0.25) is 0 Å². The average Bonchev–Trinajstić information content (AvgIpc) is 2.92. The Kier molecular flexibility index (Phi) is 4.60. The molecule has 0 fully saturated rings. The zero-order chi connectivity index (χ0) is 17.1. The third kappa shape index (κ3) is 3.30. The van der Waals surface area contributed by atoms with Crippen molar-refractivity contribution in [3.63, 3.8) is 0 Å². The van der Waals surface area contributed by atoms with Gasteiger partial charge in [-0.3, -0.25) is 9.78 Å². The number of nitrogens with zero attached hydrogens (tertiary/aromatic N) is 4. The highest BCUT2D eigenvalue weighted by molar-refractivity contribution is 5.92. The Bertz CT molecular complexity index is 839. The highest BCUT2D eigenvalue weighted by atomic mass is 16.2. The summed E-state index contributed by atoms with van der Waals surface area (Å²) in [5, 5.41) is 0. The third-order valence-electron chi connectivity index (χ3n) is 3.89. The highest BCUT2D eigenvalue weighted by Gasteiger charge is 2.18. The smallest absolute Gasteiger partial charge is 0.272 e. The van der Waals surface area contributed by atoms with E-state index in [0.29, 0.717) is 18.2 Å². The van der Waals surface area contributed by atoms with E-state index in [4.69, 9.17) is 4.98 Å². The molecule has 0 aliphatic heterocycles. The van der Waals surface area contributed by atoms with Crippen LogP contribution in [0, 0.1) is 5.92 Å². The number of carbonyl (C=O) groups excluding carboxylic acids is 1. The van der Waals surface area contributed by atoms with Gasteiger partial charge in [-0.2, -0.15) is 0 Å². The number of hydrogen-bond acceptors (Lipinski definition) is 3. The van der Waals surface area contributed by atoms with E-state index in [1.807, 2.05) is 24.3 Å². The van der Waals surface area contributed by atoms with Crippen molar-refractivity contribution >= 4 is 16.9 Å². The van der Waals surface area contributed by atoms with Gasteiger partial charge in [0.15, 0.2) is 0 Å². The van der Waals surface area contributed by atoms with Crippen LogP contribution >= 0.6 is 0 Å². The van der Waals surface area contributed by atoms with Crippen LogP contribution in [0.3, 0.4) is 0 Å². The quantitative estimate of drug-likeness (QED) is 0.724. The number of amides is 1. The van der Waals surface area contributed by atoms with Crippen LogP contribution in [0.25, 0.3) is 11.0 Å². The summed E-state index contributed by atoms with van der Waals surface area (Å²) < 4.78 is 2.21. The summed E-state index contributed by atoms with van der Waals surface area (Å²) in [5.74, 6) is 1.30. The van der Waals surface area contributed by atoms with E-state index in [2.05, 4.69) is 29.5 Å². The maximum atomic E-state index is 12.5. The van der Waals surface area contributed by atoms with E-state index < -0.39 is 0 Å². The summed E-state index contributed by atoms with van der Waals surface area (Å²) in [4.78, 5) is 23.1. The molecule has 1 aromatic carbocycles. The minimum Gasteiger partial charge on any atom is -0.333 e. The molecule has 0 aliphatic rings. The number of para-hydroxylation sites is 2. The first-order chi connectivity index (χ1) is 11.6. The lowest BCUT2D eigenvalue weighted by Crippen LogP contribution is -2.28. The van der Waals surface area contributed by atoms with Gasteiger partial charge in [-0.25, -0.2) is 4.98 Å². The second kappa shape index (κ2) is 6.83. The Morgan fingerprint density at radius 1 is 1.17 bits per heavy atom. The number of imidazole rings is 1. The van der Waals surface area contributed by atoms with Crippen LogP contribution in [0.2, 0.25) is 0 Å². The fraction of sp³-hybridized carbons (Fsp3) is 0.316. The predicted octanol–water partition coefficient (Wildman–Crippen LogP) is 3.36. The fourth-order valence-electron chi connectivity index (χ4n) is 2.78. The molecule has 5 heteroatoms. The lowest BCUT2D eigenvalue weighted by atomic mass is 10.2. The number of rotatable bonds is 5. The van der Waals surface area contributed by atoms with Gasteiger partial charge in [-0.1, -0.05) is 32.0 Å². The van der Waals surface area contributed by atoms with E-state index >= 15 is 0 Å². The lowest BCUT2D eigenvalue weighted by molar-refractivity contribution is 0.0774. The fourth-order valence-corrected chi connectivity index (χ4v) is 2.78. The van der Waals surface area contributed by atoms with Crippen LogP contribution in [-0.2, 0) is 13.1 Å². The molecule has 24 heavy (non-hydrogen) atoms. The number of fused-ring (bicyclic) bond motifs is 1. The molecule has 0 saturated carbocycles. The first-order valence-corrected chi connectivity index (χ1v) is 8.17. The first kappa shape index (κ1) is 16.2. The van der Waals surface area contributed by atoms with Crippen molar-refractivity contribution in [3.05, 3.63) is 60.2 Å². The Balaban J connectivity index is 1.90. The third-order valence-corrected chi connectivity index (χ3v) is 3.89. The van der Waals surface area contributed by atoms with Crippen LogP contribution in [0.1, 0.15) is 30.2 Å². The summed E-state index contributed by atoms with van der Waals surface area (Å²) in [6.07, 6.45) is 1.63. The van der Waals surface area contributed by atoms with Crippen molar-refractivity contribution in [3.8, 4) is 0 Å². The molecule has 0 N–H and O–H groups in total. The molecule has 2 aromatic heterocycles. The molecule has 3 rings (SSSR count). The molecule has 0 saturated heterocycles. The highest BCUT2D eigenvalue weighted by Crippen LogP contribution is 2.19. The molecular formula is C19H22N4O. The van der Waals surface area contributed by atoms with Crippen molar-refractivity contribution < 1.29 is 4.79 Å². The molecule has 0 spiro atoms. The molecule has 2 heterocycles. The van der Waals surface area contributed by atoms with Gasteiger partial charge in [-0.05, 0) is 30.2 Å². The van der Waals surface area contributed by atoms with Gasteiger partial charge < -0.3 is 9.47 Å². The van der Waals surface area contributed by atoms with E-state index in [9.17, 15) is 4.79 Å². The van der Waals surface area contributed by atoms with Crippen LogP contribution in [0.15, 0.2) is 48.7 Å². The summed E-state index contributed by atoms with van der Waals surface area (Å²) >= 11 is 0. The Morgan fingerprint density at radius 3 is 2.62 bits per heavy atom. The predicted molar refractivity (Wildman–Crippen MR) is 94.6 cm³/mol. The number of aromatic nitrogens is 3. The van der Waals surface area contributed by atoms with Gasteiger partial charge in [0.25, 0.3) is 5.91 Å². The van der Waals surface area contributed by atoms with Gasteiger partial charge in [0.05, 0.1) is 17.6 Å². The molecule has 0 unspecified atom stereocenters. The van der Waals surface area contributed by atoms with Gasteiger partial charge in [0, 0.05) is 19.8 Å². The topological polar surface area (TPSA) is 51.0 Å². The molecular weight excluding hydrogens is 300 g/mol. The maximum absolute atomic E-state index is 12.5. The summed E-state index contributed by atoms with van der Waals surface area (Å²) in [5.41, 5.74) is 2.53. The summed E-state index contributed by atoms with van der Waals surface area (Å²) in [7, 11) is 1.79. The Morgan fingerprint density at radius 2 is 1.92 bits per heavy atom. The molecule has 5 nitrogen and oxygen atoms in total. The Labute approximate surface area is 142 Å². The number of pyridine rings is 1. The molecule has 0 bridgehead atoms. The standard InChI is InChI=1S/C19H22N4O/c1-14(2)12-23-17-10-5-4-8-15(17)21-18(23)13-22(3)19(24)16-9-6-7-11-20-16/h4-11,14H,12-13H2,1-3H3. The van der Waals surface area contributed by atoms with Crippen LogP contribution in [0.5, 0.6) is 0 Å². The molecule has 0 aliphatic carbocycles. The molecule has 124 valence electrons. The monoisotopic (exact) mass is 322 g/mol. The molecule has 3 aromatic rings. The maximum Gasteiger partial charge on any atom is 0.272 e. The summed E-state index contributed by atoms with van der Waals surface area (Å²) in [6, 6.07) is 13.5. The van der Waals surface area contributed by atoms with Crippen molar-refractivity contribution in [1.82, 2.24) is 19.4 Å². The minimum absolute atomic E-state index is 0.0984. The zero-order valence-corrected chi connectivity index (χ0v) is 14.3. The van der Waals surface area contributed by atoms with Crippen molar-refractivity contribution in [1.29, 1.82) is 0 Å². The normalized spacial score (nSPS) is 11.2. The first-order valence-electron chi connectivity index (χ1n) is 8.17. The average molecular weight is 322 g/mol.